The summed E-state index contributed by atoms with van der Waals surface area (Å²) in [5.74, 6) is -0.536. The van der Waals surface area contributed by atoms with Gasteiger partial charge in [-0.2, -0.15) is 0 Å². The summed E-state index contributed by atoms with van der Waals surface area (Å²) in [6.07, 6.45) is 0. The fourth-order valence-electron chi connectivity index (χ4n) is 3.10. The Hall–Kier alpha value is -3.18. The number of hydrogen-bond acceptors (Lipinski definition) is 9. The quantitative estimate of drug-likeness (QED) is 0.237. The zero-order valence-electron chi connectivity index (χ0n) is 18.8. The molecule has 0 fully saturated rings. The minimum atomic E-state index is -0.586. The highest BCUT2D eigenvalue weighted by atomic mass is 32.2. The predicted molar refractivity (Wildman–Crippen MR) is 131 cm³/mol. The molecule has 0 unspecified atom stereocenters. The van der Waals surface area contributed by atoms with E-state index in [9.17, 15) is 14.4 Å². The minimum Gasteiger partial charge on any atom is -0.462 e. The van der Waals surface area contributed by atoms with Crippen molar-refractivity contribution in [1.29, 1.82) is 0 Å². The third-order valence-corrected chi connectivity index (χ3v) is 6.63. The van der Waals surface area contributed by atoms with E-state index in [0.717, 1.165) is 22.2 Å². The van der Waals surface area contributed by atoms with Gasteiger partial charge in [0.2, 0.25) is 5.91 Å². The lowest BCUT2D eigenvalue weighted by atomic mass is 10.1. The second kappa shape index (κ2) is 11.1. The van der Waals surface area contributed by atoms with Crippen LogP contribution in [-0.4, -0.2) is 53.7 Å². The van der Waals surface area contributed by atoms with E-state index in [2.05, 4.69) is 25.9 Å². The van der Waals surface area contributed by atoms with Gasteiger partial charge in [0.1, 0.15) is 10.8 Å². The van der Waals surface area contributed by atoms with Gasteiger partial charge in [-0.3, -0.25) is 9.59 Å². The van der Waals surface area contributed by atoms with Crippen molar-refractivity contribution in [2.75, 3.05) is 36.6 Å². The second-order valence-electron chi connectivity index (χ2n) is 6.80. The highest BCUT2D eigenvalue weighted by molar-refractivity contribution is 7.99. The van der Waals surface area contributed by atoms with Gasteiger partial charge >= 0.3 is 5.97 Å². The Morgan fingerprint density at radius 1 is 1.15 bits per heavy atom. The molecule has 3 rings (SSSR count). The average Bonchev–Trinajstić information content (AvgIpc) is 3.13. The summed E-state index contributed by atoms with van der Waals surface area (Å²) in [5.41, 5.74) is 1.43. The minimum absolute atomic E-state index is 0.0262. The molecule has 33 heavy (non-hydrogen) atoms. The topological polar surface area (TPSA) is 122 Å². The number of carbonyl (C=O) groups excluding carboxylic acids is 3. The number of benzene rings is 1. The molecule has 3 aromatic rings. The number of para-hydroxylation sites is 1. The first-order valence-corrected chi connectivity index (χ1v) is 12.2. The normalized spacial score (nSPS) is 10.7. The lowest BCUT2D eigenvalue weighted by Crippen LogP contribution is -2.18. The first-order chi connectivity index (χ1) is 15.9. The van der Waals surface area contributed by atoms with Crippen molar-refractivity contribution in [3.8, 4) is 0 Å². The molecule has 174 valence electrons. The number of hydrogen-bond donors (Lipinski definition) is 3. The molecule has 2 amide bonds. The van der Waals surface area contributed by atoms with Gasteiger partial charge < -0.3 is 20.7 Å². The molecule has 0 aliphatic carbocycles. The molecule has 0 saturated heterocycles. The molecule has 2 heterocycles. The van der Waals surface area contributed by atoms with Crippen LogP contribution in [0.3, 0.4) is 0 Å². The van der Waals surface area contributed by atoms with Crippen LogP contribution in [0.25, 0.3) is 10.9 Å². The van der Waals surface area contributed by atoms with Gasteiger partial charge in [0.05, 0.1) is 28.3 Å². The number of thioether (sulfide) groups is 1. The van der Waals surface area contributed by atoms with Gasteiger partial charge in [0, 0.05) is 19.0 Å². The summed E-state index contributed by atoms with van der Waals surface area (Å²) < 4.78 is 5.12. The maximum atomic E-state index is 12.7. The van der Waals surface area contributed by atoms with E-state index < -0.39 is 5.97 Å². The molecule has 0 radical (unpaired) electrons. The molecule has 0 spiro atoms. The van der Waals surface area contributed by atoms with E-state index in [1.54, 1.807) is 13.8 Å². The monoisotopic (exact) mass is 487 g/mol. The van der Waals surface area contributed by atoms with Crippen molar-refractivity contribution in [2.24, 2.45) is 0 Å². The second-order valence-corrected chi connectivity index (χ2v) is 8.76. The average molecular weight is 488 g/mol. The van der Waals surface area contributed by atoms with Crippen LogP contribution in [0.2, 0.25) is 0 Å². The lowest BCUT2D eigenvalue weighted by molar-refractivity contribution is -0.113. The van der Waals surface area contributed by atoms with Crippen LogP contribution >= 0.6 is 23.1 Å². The number of esters is 1. The van der Waals surface area contributed by atoms with E-state index in [0.29, 0.717) is 28.0 Å². The van der Waals surface area contributed by atoms with Crippen LogP contribution in [-0.2, 0) is 9.53 Å². The van der Waals surface area contributed by atoms with Gasteiger partial charge in [-0.25, -0.2) is 14.8 Å². The first-order valence-electron chi connectivity index (χ1n) is 10.3. The van der Waals surface area contributed by atoms with E-state index in [-0.39, 0.29) is 34.7 Å². The third kappa shape index (κ3) is 5.60. The highest BCUT2D eigenvalue weighted by Crippen LogP contribution is 2.34. The van der Waals surface area contributed by atoms with Crippen LogP contribution in [0.15, 0.2) is 29.4 Å². The van der Waals surface area contributed by atoms with Crippen LogP contribution in [0.5, 0.6) is 0 Å². The summed E-state index contributed by atoms with van der Waals surface area (Å²) in [5, 5.41) is 10.2. The molecule has 0 atom stereocenters. The van der Waals surface area contributed by atoms with Crippen molar-refractivity contribution in [3.63, 3.8) is 0 Å². The zero-order chi connectivity index (χ0) is 24.0. The van der Waals surface area contributed by atoms with Crippen LogP contribution in [0, 0.1) is 6.92 Å². The van der Waals surface area contributed by atoms with E-state index >= 15 is 0 Å². The molecule has 0 aliphatic rings. The molecular formula is C22H25N5O4S2. The number of rotatable bonds is 9. The number of nitrogens with zero attached hydrogens (tertiary/aromatic N) is 2. The highest BCUT2D eigenvalue weighted by Gasteiger charge is 2.26. The number of fused-ring (bicyclic) bond motifs is 1. The Labute approximate surface area is 199 Å². The largest absolute Gasteiger partial charge is 0.462 e. The van der Waals surface area contributed by atoms with Crippen molar-refractivity contribution in [1.82, 2.24) is 15.3 Å². The fourth-order valence-corrected chi connectivity index (χ4v) is 4.90. The maximum absolute atomic E-state index is 12.7. The lowest BCUT2D eigenvalue weighted by Gasteiger charge is -2.09. The third-order valence-electron chi connectivity index (χ3n) is 4.57. The van der Waals surface area contributed by atoms with Crippen LogP contribution in [0.4, 0.5) is 10.8 Å². The summed E-state index contributed by atoms with van der Waals surface area (Å²) in [6, 6.07) is 7.65. The predicted octanol–water partition coefficient (Wildman–Crippen LogP) is 3.70. The number of aromatic nitrogens is 2. The van der Waals surface area contributed by atoms with E-state index in [4.69, 9.17) is 4.74 Å². The maximum Gasteiger partial charge on any atom is 0.341 e. The number of thiophene rings is 1. The summed E-state index contributed by atoms with van der Waals surface area (Å²) >= 11 is 2.22. The molecule has 9 nitrogen and oxygen atoms in total. The van der Waals surface area contributed by atoms with Gasteiger partial charge in [0.25, 0.3) is 5.91 Å². The Kier molecular flexibility index (Phi) is 8.23. The van der Waals surface area contributed by atoms with Crippen LogP contribution in [0.1, 0.15) is 39.4 Å². The molecule has 11 heteroatoms. The number of ether oxygens (including phenoxy) is 1. The van der Waals surface area contributed by atoms with Crippen molar-refractivity contribution < 1.29 is 19.1 Å². The molecule has 2 aromatic heterocycles. The summed E-state index contributed by atoms with van der Waals surface area (Å²) in [4.78, 5) is 46.7. The molecule has 0 bridgehead atoms. The van der Waals surface area contributed by atoms with Crippen molar-refractivity contribution in [2.45, 2.75) is 25.9 Å². The smallest absolute Gasteiger partial charge is 0.341 e. The summed E-state index contributed by atoms with van der Waals surface area (Å²) in [6.45, 7) is 6.21. The van der Waals surface area contributed by atoms with Gasteiger partial charge in [0.15, 0.2) is 5.16 Å². The number of amides is 2. The molecular weight excluding hydrogens is 462 g/mol. The molecule has 3 N–H and O–H groups in total. The number of anilines is 2. The van der Waals surface area contributed by atoms with E-state index in [1.165, 1.54) is 18.8 Å². The standard InChI is InChI=1S/C22H25N5O4S2/c1-5-24-18-13-9-7-8-10-14(13)25-22(27-18)32-11-15(28)26-20-16(21(30)31-6-2)12(3)17(33-20)19(29)23-4/h7-10H,5-6,11H2,1-4H3,(H,23,29)(H,26,28)(H,24,25,27). The fraction of sp³-hybridized carbons (Fsp3) is 0.318. The van der Waals surface area contributed by atoms with Crippen LogP contribution < -0.4 is 16.0 Å². The van der Waals surface area contributed by atoms with Gasteiger partial charge in [-0.1, -0.05) is 23.9 Å². The number of carbonyl (C=O) groups is 3. The SMILES string of the molecule is CCNc1nc(SCC(=O)Nc2sc(C(=O)NC)c(C)c2C(=O)OCC)nc2ccccc12. The Morgan fingerprint density at radius 2 is 1.91 bits per heavy atom. The van der Waals surface area contributed by atoms with Crippen molar-refractivity contribution in [3.05, 3.63) is 40.3 Å². The summed E-state index contributed by atoms with van der Waals surface area (Å²) in [7, 11) is 1.51. The van der Waals surface area contributed by atoms with Gasteiger partial charge in [-0.05, 0) is 38.5 Å². The Bertz CT molecular complexity index is 1190. The molecule has 0 aliphatic heterocycles. The molecule has 1 aromatic carbocycles. The number of nitrogens with one attached hydrogen (secondary N) is 3. The zero-order valence-corrected chi connectivity index (χ0v) is 20.4. The first kappa shape index (κ1) is 24.5. The van der Waals surface area contributed by atoms with Crippen molar-refractivity contribution >= 4 is 62.6 Å². The molecule has 0 saturated carbocycles. The van der Waals surface area contributed by atoms with E-state index in [1.807, 2.05) is 31.2 Å². The van der Waals surface area contributed by atoms with Gasteiger partial charge in [-0.15, -0.1) is 11.3 Å². The Morgan fingerprint density at radius 3 is 2.61 bits per heavy atom. The Balaban J connectivity index is 1.80.